The molecule has 0 spiro atoms. The minimum absolute atomic E-state index is 0.0693. The lowest BCUT2D eigenvalue weighted by molar-refractivity contribution is 0.0729. The lowest BCUT2D eigenvalue weighted by atomic mass is 10.00. The van der Waals surface area contributed by atoms with E-state index in [1.165, 1.54) is 28.0 Å². The highest BCUT2D eigenvalue weighted by Gasteiger charge is 2.24. The number of nitrogens with one attached hydrogen (secondary N) is 1. The summed E-state index contributed by atoms with van der Waals surface area (Å²) in [5, 5.41) is 5.46. The summed E-state index contributed by atoms with van der Waals surface area (Å²) in [7, 11) is 1.61. The molecule has 184 valence electrons. The van der Waals surface area contributed by atoms with Crippen molar-refractivity contribution >= 4 is 29.0 Å². The van der Waals surface area contributed by atoms with Crippen LogP contribution in [0.2, 0.25) is 0 Å². The molecule has 0 saturated heterocycles. The molecule has 0 unspecified atom stereocenters. The van der Waals surface area contributed by atoms with E-state index in [1.807, 2.05) is 41.3 Å². The molecule has 0 aliphatic carbocycles. The van der Waals surface area contributed by atoms with E-state index < -0.39 is 0 Å². The van der Waals surface area contributed by atoms with E-state index in [-0.39, 0.29) is 11.9 Å². The molecule has 8 heteroatoms. The Kier molecular flexibility index (Phi) is 8.15. The fourth-order valence-corrected chi connectivity index (χ4v) is 4.87. The first-order valence-corrected chi connectivity index (χ1v) is 12.8. The molecule has 1 N–H and O–H groups in total. The lowest BCUT2D eigenvalue weighted by Gasteiger charge is -2.28. The zero-order valence-electron chi connectivity index (χ0n) is 20.5. The Hall–Kier alpha value is -3.23. The number of fused-ring (bicyclic) bond motifs is 1. The summed E-state index contributed by atoms with van der Waals surface area (Å²) >= 11 is 1.40. The van der Waals surface area contributed by atoms with Crippen LogP contribution in [0.25, 0.3) is 0 Å². The number of hydrogen-bond acceptors (Lipinski definition) is 5. The van der Waals surface area contributed by atoms with Crippen LogP contribution in [0.15, 0.2) is 53.9 Å². The number of amides is 3. The van der Waals surface area contributed by atoms with Gasteiger partial charge in [0.2, 0.25) is 0 Å². The average Bonchev–Trinajstić information content (AvgIpc) is 3.34. The van der Waals surface area contributed by atoms with Gasteiger partial charge in [-0.2, -0.15) is 0 Å². The van der Waals surface area contributed by atoms with Gasteiger partial charge in [0.25, 0.3) is 5.91 Å². The van der Waals surface area contributed by atoms with Crippen LogP contribution in [-0.4, -0.2) is 53.5 Å². The minimum atomic E-state index is -0.227. The fourth-order valence-electron chi connectivity index (χ4n) is 4.08. The van der Waals surface area contributed by atoms with E-state index in [2.05, 4.69) is 36.3 Å². The largest absolute Gasteiger partial charge is 0.383 e. The molecule has 1 aliphatic rings. The first kappa shape index (κ1) is 24.9. The second kappa shape index (κ2) is 11.5. The Morgan fingerprint density at radius 3 is 2.60 bits per heavy atom. The quantitative estimate of drug-likeness (QED) is 0.472. The van der Waals surface area contributed by atoms with Crippen molar-refractivity contribution in [1.29, 1.82) is 0 Å². The number of nitrogens with zero attached hydrogens (tertiary/aromatic N) is 3. The van der Waals surface area contributed by atoms with Crippen molar-refractivity contribution < 1.29 is 14.3 Å². The van der Waals surface area contributed by atoms with E-state index >= 15 is 0 Å². The summed E-state index contributed by atoms with van der Waals surface area (Å²) in [4.78, 5) is 34.2. The minimum Gasteiger partial charge on any atom is -0.383 e. The van der Waals surface area contributed by atoms with E-state index in [1.54, 1.807) is 17.4 Å². The van der Waals surface area contributed by atoms with Crippen molar-refractivity contribution in [2.45, 2.75) is 39.3 Å². The number of ether oxygens (including phenoxy) is 1. The van der Waals surface area contributed by atoms with Crippen molar-refractivity contribution in [2.24, 2.45) is 0 Å². The molecule has 0 atom stereocenters. The van der Waals surface area contributed by atoms with Gasteiger partial charge in [-0.15, -0.1) is 11.3 Å². The standard InChI is InChI=1S/C27H32N4O3S/c1-19(2)20-8-10-23(11-9-20)28-27(33)31(14-15-34-3)17-25-29-24(18-35-25)26(32)30-13-12-21-6-4-5-7-22(21)16-30/h4-11,18-19H,12-17H2,1-3H3,(H,28,33). The highest BCUT2D eigenvalue weighted by molar-refractivity contribution is 7.09. The number of urea groups is 1. The molecular formula is C27H32N4O3S. The van der Waals surface area contributed by atoms with Gasteiger partial charge < -0.3 is 19.9 Å². The van der Waals surface area contributed by atoms with Crippen molar-refractivity contribution in [3.05, 3.63) is 81.3 Å². The molecule has 0 saturated carbocycles. The van der Waals surface area contributed by atoms with Crippen LogP contribution >= 0.6 is 11.3 Å². The lowest BCUT2D eigenvalue weighted by Crippen LogP contribution is -2.37. The van der Waals surface area contributed by atoms with Gasteiger partial charge in [0, 0.05) is 37.8 Å². The van der Waals surface area contributed by atoms with Gasteiger partial charge in [-0.25, -0.2) is 9.78 Å². The number of methoxy groups -OCH3 is 1. The summed E-state index contributed by atoms with van der Waals surface area (Å²) < 4.78 is 5.20. The Bertz CT molecular complexity index is 1160. The maximum Gasteiger partial charge on any atom is 0.322 e. The molecule has 3 amide bonds. The van der Waals surface area contributed by atoms with Crippen molar-refractivity contribution in [2.75, 3.05) is 32.1 Å². The maximum atomic E-state index is 13.1. The molecule has 0 radical (unpaired) electrons. The van der Waals surface area contributed by atoms with Gasteiger partial charge in [0.15, 0.2) is 0 Å². The first-order valence-electron chi connectivity index (χ1n) is 11.9. The predicted octanol–water partition coefficient (Wildman–Crippen LogP) is 5.15. The monoisotopic (exact) mass is 492 g/mol. The van der Waals surface area contributed by atoms with Gasteiger partial charge in [-0.3, -0.25) is 4.79 Å². The molecule has 7 nitrogen and oxygen atoms in total. The molecule has 2 heterocycles. The number of anilines is 1. The van der Waals surface area contributed by atoms with Gasteiger partial charge in [0.05, 0.1) is 13.2 Å². The third-order valence-electron chi connectivity index (χ3n) is 6.20. The smallest absolute Gasteiger partial charge is 0.322 e. The topological polar surface area (TPSA) is 74.8 Å². The molecule has 0 bridgehead atoms. The average molecular weight is 493 g/mol. The third kappa shape index (κ3) is 6.26. The second-order valence-corrected chi connectivity index (χ2v) is 9.94. The molecule has 4 rings (SSSR count). The second-order valence-electron chi connectivity index (χ2n) is 8.99. The molecule has 3 aromatic rings. The molecule has 1 aliphatic heterocycles. The Morgan fingerprint density at radius 1 is 1.14 bits per heavy atom. The maximum absolute atomic E-state index is 13.1. The fraction of sp³-hybridized carbons (Fsp3) is 0.370. The summed E-state index contributed by atoms with van der Waals surface area (Å²) in [5.74, 6) is 0.361. The third-order valence-corrected chi connectivity index (χ3v) is 7.03. The number of rotatable bonds is 8. The van der Waals surface area contributed by atoms with Crippen molar-refractivity contribution in [3.8, 4) is 0 Å². The van der Waals surface area contributed by atoms with Crippen LogP contribution < -0.4 is 5.32 Å². The van der Waals surface area contributed by atoms with Crippen molar-refractivity contribution in [3.63, 3.8) is 0 Å². The van der Waals surface area contributed by atoms with Crippen LogP contribution in [0.4, 0.5) is 10.5 Å². The van der Waals surface area contributed by atoms with Crippen LogP contribution in [0.5, 0.6) is 0 Å². The van der Waals surface area contributed by atoms with E-state index in [4.69, 9.17) is 4.74 Å². The number of carbonyl (C=O) groups is 2. The van der Waals surface area contributed by atoms with Crippen LogP contribution in [0.1, 0.15) is 52.0 Å². The molecular weight excluding hydrogens is 460 g/mol. The molecule has 0 fully saturated rings. The Morgan fingerprint density at radius 2 is 1.89 bits per heavy atom. The van der Waals surface area contributed by atoms with E-state index in [9.17, 15) is 9.59 Å². The number of aromatic nitrogens is 1. The number of hydrogen-bond donors (Lipinski definition) is 1. The zero-order valence-corrected chi connectivity index (χ0v) is 21.3. The van der Waals surface area contributed by atoms with Crippen LogP contribution in [-0.2, 0) is 24.2 Å². The zero-order chi connectivity index (χ0) is 24.8. The van der Waals surface area contributed by atoms with Crippen molar-refractivity contribution in [1.82, 2.24) is 14.8 Å². The number of thiazole rings is 1. The Balaban J connectivity index is 1.40. The highest BCUT2D eigenvalue weighted by Crippen LogP contribution is 2.22. The highest BCUT2D eigenvalue weighted by atomic mass is 32.1. The number of benzene rings is 2. The van der Waals surface area contributed by atoms with E-state index in [0.29, 0.717) is 49.4 Å². The van der Waals surface area contributed by atoms with E-state index in [0.717, 1.165) is 12.1 Å². The normalized spacial score (nSPS) is 13.0. The summed E-state index contributed by atoms with van der Waals surface area (Å²) in [6.45, 7) is 6.68. The SMILES string of the molecule is COCCN(Cc1nc(C(=O)N2CCc3ccccc3C2)cs1)C(=O)Nc1ccc(C(C)C)cc1. The molecule has 1 aromatic heterocycles. The van der Waals surface area contributed by atoms with Gasteiger partial charge in [-0.1, -0.05) is 50.2 Å². The summed E-state index contributed by atoms with van der Waals surface area (Å²) in [6.07, 6.45) is 0.849. The predicted molar refractivity (Wildman–Crippen MR) is 139 cm³/mol. The van der Waals surface area contributed by atoms with Gasteiger partial charge in [0.1, 0.15) is 10.7 Å². The summed E-state index contributed by atoms with van der Waals surface area (Å²) in [5.41, 5.74) is 4.87. The van der Waals surface area contributed by atoms with Gasteiger partial charge in [-0.05, 0) is 41.2 Å². The molecule has 35 heavy (non-hydrogen) atoms. The first-order chi connectivity index (χ1) is 16.9. The molecule has 2 aromatic carbocycles. The Labute approximate surface area is 210 Å². The summed E-state index contributed by atoms with van der Waals surface area (Å²) in [6, 6.07) is 15.9. The van der Waals surface area contributed by atoms with Crippen LogP contribution in [0.3, 0.4) is 0 Å². The number of carbonyl (C=O) groups excluding carboxylic acids is 2. The van der Waals surface area contributed by atoms with Gasteiger partial charge >= 0.3 is 6.03 Å². The van der Waals surface area contributed by atoms with Crippen LogP contribution in [0, 0.1) is 0 Å².